The van der Waals surface area contributed by atoms with Crippen LogP contribution < -0.4 is 11.1 Å². The van der Waals surface area contributed by atoms with Gasteiger partial charge >= 0.3 is 0 Å². The van der Waals surface area contributed by atoms with Gasteiger partial charge in [-0.1, -0.05) is 26.2 Å². The summed E-state index contributed by atoms with van der Waals surface area (Å²) in [5.74, 6) is 1.16. The van der Waals surface area contributed by atoms with Gasteiger partial charge in [0.25, 0.3) is 0 Å². The largest absolute Gasteiger partial charge is 0.370 e. The number of halogens is 1. The van der Waals surface area contributed by atoms with Crippen LogP contribution in [0.4, 0.5) is 0 Å². The van der Waals surface area contributed by atoms with Crippen molar-refractivity contribution >= 4 is 39.8 Å². The molecule has 0 bridgehead atoms. The van der Waals surface area contributed by atoms with Crippen LogP contribution in [0.25, 0.3) is 0 Å². The van der Waals surface area contributed by atoms with E-state index in [1.807, 2.05) is 0 Å². The molecule has 0 amide bonds. The van der Waals surface area contributed by atoms with E-state index in [4.69, 9.17) is 5.73 Å². The molecule has 0 spiro atoms. The van der Waals surface area contributed by atoms with Crippen molar-refractivity contribution in [2.45, 2.75) is 39.0 Å². The molecule has 1 unspecified atom stereocenters. The SMILES string of the molecule is CCCCCCNC(N)=NCC1CCS(=O)(=O)C1.I. The lowest BCUT2D eigenvalue weighted by Gasteiger charge is -2.07. The summed E-state index contributed by atoms with van der Waals surface area (Å²) in [5.41, 5.74) is 5.72. The number of hydrogen-bond acceptors (Lipinski definition) is 3. The van der Waals surface area contributed by atoms with Crippen LogP contribution in [0.5, 0.6) is 0 Å². The second-order valence-electron chi connectivity index (χ2n) is 4.98. The third-order valence-electron chi connectivity index (χ3n) is 3.18. The summed E-state index contributed by atoms with van der Waals surface area (Å²) in [5, 5.41) is 3.06. The molecule has 114 valence electrons. The Labute approximate surface area is 133 Å². The molecule has 1 aliphatic heterocycles. The van der Waals surface area contributed by atoms with Crippen molar-refractivity contribution in [1.29, 1.82) is 0 Å². The summed E-state index contributed by atoms with van der Waals surface area (Å²) >= 11 is 0. The molecule has 1 atom stereocenters. The van der Waals surface area contributed by atoms with Crippen LogP contribution >= 0.6 is 24.0 Å². The highest BCUT2D eigenvalue weighted by Gasteiger charge is 2.27. The molecule has 0 aliphatic carbocycles. The van der Waals surface area contributed by atoms with Crippen LogP contribution in [0.15, 0.2) is 4.99 Å². The fourth-order valence-electron chi connectivity index (χ4n) is 2.07. The van der Waals surface area contributed by atoms with E-state index in [-0.39, 0.29) is 35.6 Å². The lowest BCUT2D eigenvalue weighted by Crippen LogP contribution is -2.33. The van der Waals surface area contributed by atoms with Crippen LogP contribution in [0.3, 0.4) is 0 Å². The van der Waals surface area contributed by atoms with Gasteiger partial charge in [0, 0.05) is 13.1 Å². The second kappa shape index (κ2) is 9.79. The minimum absolute atomic E-state index is 0. The maximum absolute atomic E-state index is 11.3. The third kappa shape index (κ3) is 8.67. The van der Waals surface area contributed by atoms with E-state index in [1.54, 1.807) is 0 Å². The Hall–Kier alpha value is -0.0500. The maximum Gasteiger partial charge on any atom is 0.188 e. The van der Waals surface area contributed by atoms with E-state index in [1.165, 1.54) is 19.3 Å². The van der Waals surface area contributed by atoms with E-state index in [9.17, 15) is 8.42 Å². The second-order valence-corrected chi connectivity index (χ2v) is 7.21. The average Bonchev–Trinajstić information content (AvgIpc) is 2.66. The van der Waals surface area contributed by atoms with Gasteiger partial charge < -0.3 is 11.1 Å². The van der Waals surface area contributed by atoms with Gasteiger partial charge in [0.2, 0.25) is 0 Å². The van der Waals surface area contributed by atoms with Crippen LogP contribution in [-0.4, -0.2) is 39.0 Å². The lowest BCUT2D eigenvalue weighted by molar-refractivity contribution is 0.590. The van der Waals surface area contributed by atoms with Gasteiger partial charge in [0.05, 0.1) is 11.5 Å². The molecule has 0 aromatic carbocycles. The van der Waals surface area contributed by atoms with E-state index in [2.05, 4.69) is 17.2 Å². The first-order chi connectivity index (χ1) is 8.53. The topological polar surface area (TPSA) is 84.5 Å². The number of nitrogens with two attached hydrogens (primary N) is 1. The molecule has 1 saturated heterocycles. The van der Waals surface area contributed by atoms with Crippen molar-refractivity contribution in [2.24, 2.45) is 16.6 Å². The number of guanidine groups is 1. The number of nitrogens with one attached hydrogen (secondary N) is 1. The van der Waals surface area contributed by atoms with Gasteiger partial charge in [0.15, 0.2) is 15.8 Å². The molecule has 0 radical (unpaired) electrons. The van der Waals surface area contributed by atoms with Crippen molar-refractivity contribution in [3.05, 3.63) is 0 Å². The smallest absolute Gasteiger partial charge is 0.188 e. The molecule has 7 heteroatoms. The normalized spacial score (nSPS) is 21.9. The van der Waals surface area contributed by atoms with Crippen LogP contribution in [-0.2, 0) is 9.84 Å². The number of hydrogen-bond donors (Lipinski definition) is 2. The summed E-state index contributed by atoms with van der Waals surface area (Å²) in [6, 6.07) is 0. The standard InChI is InChI=1S/C12H25N3O2S.HI/c1-2-3-4-5-7-14-12(13)15-9-11-6-8-18(16,17)10-11;/h11H,2-10H2,1H3,(H3,13,14,15);1H. The number of sulfone groups is 1. The molecule has 0 aromatic rings. The van der Waals surface area contributed by atoms with E-state index < -0.39 is 9.84 Å². The molecule has 1 rings (SSSR count). The van der Waals surface area contributed by atoms with Crippen LogP contribution in [0.2, 0.25) is 0 Å². The summed E-state index contributed by atoms with van der Waals surface area (Å²) in [6.45, 7) is 3.55. The summed E-state index contributed by atoms with van der Waals surface area (Å²) in [4.78, 5) is 4.21. The van der Waals surface area contributed by atoms with Crippen molar-refractivity contribution in [3.8, 4) is 0 Å². The molecular formula is C12H26IN3O2S. The molecular weight excluding hydrogens is 377 g/mol. The van der Waals surface area contributed by atoms with Gasteiger partial charge in [-0.15, -0.1) is 24.0 Å². The zero-order chi connectivity index (χ0) is 13.4. The van der Waals surface area contributed by atoms with Crippen molar-refractivity contribution in [1.82, 2.24) is 5.32 Å². The number of unbranched alkanes of at least 4 members (excludes halogenated alkanes) is 3. The summed E-state index contributed by atoms with van der Waals surface area (Å²) in [7, 11) is -2.80. The molecule has 19 heavy (non-hydrogen) atoms. The van der Waals surface area contributed by atoms with E-state index in [0.717, 1.165) is 19.4 Å². The predicted octanol–water partition coefficient (Wildman–Crippen LogP) is 1.52. The fourth-order valence-corrected chi connectivity index (χ4v) is 3.92. The Bertz CT molecular complexity index is 371. The van der Waals surface area contributed by atoms with Crippen LogP contribution in [0, 0.1) is 5.92 Å². The summed E-state index contributed by atoms with van der Waals surface area (Å²) < 4.78 is 22.5. The Morgan fingerprint density at radius 3 is 2.68 bits per heavy atom. The molecule has 1 fully saturated rings. The molecule has 3 N–H and O–H groups in total. The lowest BCUT2D eigenvalue weighted by atomic mass is 10.1. The predicted molar refractivity (Wildman–Crippen MR) is 90.8 cm³/mol. The first-order valence-electron chi connectivity index (χ1n) is 6.77. The zero-order valence-electron chi connectivity index (χ0n) is 11.6. The monoisotopic (exact) mass is 403 g/mol. The molecule has 0 saturated carbocycles. The van der Waals surface area contributed by atoms with Gasteiger partial charge in [-0.3, -0.25) is 4.99 Å². The van der Waals surface area contributed by atoms with E-state index in [0.29, 0.717) is 18.3 Å². The van der Waals surface area contributed by atoms with Gasteiger partial charge in [-0.2, -0.15) is 0 Å². The summed E-state index contributed by atoms with van der Waals surface area (Å²) in [6.07, 6.45) is 5.49. The van der Waals surface area contributed by atoms with Gasteiger partial charge in [0.1, 0.15) is 0 Å². The van der Waals surface area contributed by atoms with Crippen molar-refractivity contribution in [3.63, 3.8) is 0 Å². The van der Waals surface area contributed by atoms with Gasteiger partial charge in [-0.05, 0) is 18.8 Å². The Kier molecular flexibility index (Phi) is 9.77. The zero-order valence-corrected chi connectivity index (χ0v) is 14.7. The Morgan fingerprint density at radius 1 is 1.37 bits per heavy atom. The average molecular weight is 403 g/mol. The maximum atomic E-state index is 11.3. The highest BCUT2D eigenvalue weighted by molar-refractivity contribution is 14.0. The van der Waals surface area contributed by atoms with Crippen molar-refractivity contribution < 1.29 is 8.42 Å². The van der Waals surface area contributed by atoms with Gasteiger partial charge in [-0.25, -0.2) is 8.42 Å². The van der Waals surface area contributed by atoms with Crippen molar-refractivity contribution in [2.75, 3.05) is 24.6 Å². The first kappa shape index (κ1) is 18.9. The fraction of sp³-hybridized carbons (Fsp3) is 0.917. The van der Waals surface area contributed by atoms with Crippen LogP contribution in [0.1, 0.15) is 39.0 Å². The Morgan fingerprint density at radius 2 is 2.11 bits per heavy atom. The molecule has 5 nitrogen and oxygen atoms in total. The third-order valence-corrected chi connectivity index (χ3v) is 5.02. The molecule has 1 heterocycles. The number of nitrogens with zero attached hydrogens (tertiary/aromatic N) is 1. The molecule has 0 aromatic heterocycles. The number of rotatable bonds is 7. The Balaban J connectivity index is 0.00000324. The molecule has 1 aliphatic rings. The number of aliphatic imine (C=N–C) groups is 1. The highest BCUT2D eigenvalue weighted by Crippen LogP contribution is 2.18. The van der Waals surface area contributed by atoms with E-state index >= 15 is 0 Å². The minimum atomic E-state index is -2.80. The quantitative estimate of drug-likeness (QED) is 0.292. The minimum Gasteiger partial charge on any atom is -0.370 e. The first-order valence-corrected chi connectivity index (χ1v) is 8.60. The highest BCUT2D eigenvalue weighted by atomic mass is 127.